The highest BCUT2D eigenvalue weighted by Crippen LogP contribution is 2.16. The van der Waals surface area contributed by atoms with Crippen LogP contribution in [0.3, 0.4) is 0 Å². The predicted molar refractivity (Wildman–Crippen MR) is 76.5 cm³/mol. The third-order valence-corrected chi connectivity index (χ3v) is 3.30. The molecule has 0 aliphatic heterocycles. The van der Waals surface area contributed by atoms with Gasteiger partial charge in [-0.1, -0.05) is 24.8 Å². The SMILES string of the molecule is C=C(NNC(=O)COc1ccccc1F)c1cccs1. The summed E-state index contributed by atoms with van der Waals surface area (Å²) < 4.78 is 18.3. The summed E-state index contributed by atoms with van der Waals surface area (Å²) in [4.78, 5) is 12.5. The zero-order valence-electron chi connectivity index (χ0n) is 10.6. The summed E-state index contributed by atoms with van der Waals surface area (Å²) in [5.41, 5.74) is 5.69. The van der Waals surface area contributed by atoms with Gasteiger partial charge in [0, 0.05) is 0 Å². The van der Waals surface area contributed by atoms with Gasteiger partial charge in [0.05, 0.1) is 10.6 Å². The van der Waals surface area contributed by atoms with E-state index in [1.807, 2.05) is 17.5 Å². The van der Waals surface area contributed by atoms with Gasteiger partial charge in [-0.05, 0) is 23.6 Å². The van der Waals surface area contributed by atoms with E-state index in [-0.39, 0.29) is 12.4 Å². The van der Waals surface area contributed by atoms with Crippen LogP contribution in [0, 0.1) is 5.82 Å². The average Bonchev–Trinajstić information content (AvgIpc) is 2.98. The molecule has 2 rings (SSSR count). The van der Waals surface area contributed by atoms with E-state index >= 15 is 0 Å². The van der Waals surface area contributed by atoms with Crippen LogP contribution in [0.5, 0.6) is 5.75 Å². The first-order valence-corrected chi connectivity index (χ1v) is 6.70. The molecule has 20 heavy (non-hydrogen) atoms. The largest absolute Gasteiger partial charge is 0.481 e. The molecular formula is C14H13FN2O2S. The first-order valence-electron chi connectivity index (χ1n) is 5.82. The fourth-order valence-corrected chi connectivity index (χ4v) is 2.05. The van der Waals surface area contributed by atoms with Crippen LogP contribution < -0.4 is 15.6 Å². The van der Waals surface area contributed by atoms with Gasteiger partial charge in [0.15, 0.2) is 18.2 Å². The van der Waals surface area contributed by atoms with Gasteiger partial charge in [-0.25, -0.2) is 4.39 Å². The fourth-order valence-electron chi connectivity index (χ4n) is 1.40. The number of hydrogen-bond acceptors (Lipinski definition) is 4. The minimum Gasteiger partial charge on any atom is -0.481 e. The molecule has 4 nitrogen and oxygen atoms in total. The molecule has 0 saturated heterocycles. The topological polar surface area (TPSA) is 50.4 Å². The van der Waals surface area contributed by atoms with E-state index in [9.17, 15) is 9.18 Å². The van der Waals surface area contributed by atoms with Crippen LogP contribution in [0.25, 0.3) is 5.70 Å². The molecule has 0 saturated carbocycles. The van der Waals surface area contributed by atoms with Crippen LogP contribution in [0.1, 0.15) is 4.88 Å². The number of hydrazine groups is 1. The lowest BCUT2D eigenvalue weighted by molar-refractivity contribution is -0.123. The molecule has 0 unspecified atom stereocenters. The van der Waals surface area contributed by atoms with Crippen LogP contribution in [0.4, 0.5) is 4.39 Å². The number of carbonyl (C=O) groups excluding carboxylic acids is 1. The monoisotopic (exact) mass is 292 g/mol. The van der Waals surface area contributed by atoms with E-state index in [2.05, 4.69) is 17.4 Å². The third kappa shape index (κ3) is 3.83. The smallest absolute Gasteiger partial charge is 0.276 e. The molecule has 2 aromatic rings. The zero-order valence-corrected chi connectivity index (χ0v) is 11.4. The molecule has 1 aromatic carbocycles. The highest BCUT2D eigenvalue weighted by Gasteiger charge is 2.06. The molecule has 0 atom stereocenters. The number of thiophene rings is 1. The lowest BCUT2D eigenvalue weighted by atomic mass is 10.3. The van der Waals surface area contributed by atoms with Gasteiger partial charge >= 0.3 is 0 Å². The Labute approximate surface area is 119 Å². The van der Waals surface area contributed by atoms with Crippen molar-refractivity contribution in [1.29, 1.82) is 0 Å². The Morgan fingerprint density at radius 2 is 2.05 bits per heavy atom. The van der Waals surface area contributed by atoms with Crippen molar-refractivity contribution in [3.63, 3.8) is 0 Å². The van der Waals surface area contributed by atoms with Gasteiger partial charge in [0.2, 0.25) is 0 Å². The highest BCUT2D eigenvalue weighted by molar-refractivity contribution is 7.11. The van der Waals surface area contributed by atoms with E-state index in [0.29, 0.717) is 5.70 Å². The molecule has 6 heteroatoms. The standard InChI is InChI=1S/C14H13FN2O2S/c1-10(13-7-4-8-20-13)16-17-14(18)9-19-12-6-3-2-5-11(12)15/h2-8,16H,1,9H2,(H,17,18). The molecule has 0 bridgehead atoms. The maximum atomic E-state index is 13.3. The minimum absolute atomic E-state index is 0.0414. The summed E-state index contributed by atoms with van der Waals surface area (Å²) in [6.07, 6.45) is 0. The van der Waals surface area contributed by atoms with Crippen LogP contribution >= 0.6 is 11.3 Å². The highest BCUT2D eigenvalue weighted by atomic mass is 32.1. The second kappa shape index (κ2) is 6.72. The number of hydrogen-bond donors (Lipinski definition) is 2. The van der Waals surface area contributed by atoms with E-state index in [1.54, 1.807) is 12.1 Å². The number of halogens is 1. The third-order valence-electron chi connectivity index (χ3n) is 2.37. The summed E-state index contributed by atoms with van der Waals surface area (Å²) in [6.45, 7) is 3.50. The first kappa shape index (κ1) is 14.1. The Morgan fingerprint density at radius 3 is 2.75 bits per heavy atom. The number of nitrogens with one attached hydrogen (secondary N) is 2. The van der Waals surface area contributed by atoms with Crippen molar-refractivity contribution in [3.05, 3.63) is 59.1 Å². The van der Waals surface area contributed by atoms with Crippen molar-refractivity contribution in [1.82, 2.24) is 10.9 Å². The average molecular weight is 292 g/mol. The van der Waals surface area contributed by atoms with Crippen molar-refractivity contribution in [2.24, 2.45) is 0 Å². The summed E-state index contributed by atoms with van der Waals surface area (Å²) in [7, 11) is 0. The van der Waals surface area contributed by atoms with E-state index in [1.165, 1.54) is 23.5 Å². The molecule has 1 aromatic heterocycles. The maximum absolute atomic E-state index is 13.3. The van der Waals surface area contributed by atoms with Crippen molar-refractivity contribution >= 4 is 22.9 Å². The molecule has 1 heterocycles. The fraction of sp³-hybridized carbons (Fsp3) is 0.0714. The number of carbonyl (C=O) groups is 1. The van der Waals surface area contributed by atoms with Crippen LogP contribution in [0.2, 0.25) is 0 Å². The Kier molecular flexibility index (Phi) is 4.73. The molecule has 2 N–H and O–H groups in total. The molecule has 0 fully saturated rings. The second-order valence-corrected chi connectivity index (χ2v) is 4.80. The van der Waals surface area contributed by atoms with Gasteiger partial charge in [0.25, 0.3) is 5.91 Å². The Balaban J connectivity index is 1.76. The molecule has 0 aliphatic carbocycles. The normalized spacial score (nSPS) is 9.85. The van der Waals surface area contributed by atoms with Gasteiger partial charge in [-0.3, -0.25) is 15.6 Å². The first-order chi connectivity index (χ1) is 9.66. The molecule has 0 aliphatic rings. The number of amides is 1. The van der Waals surface area contributed by atoms with E-state index in [0.717, 1.165) is 4.88 Å². The van der Waals surface area contributed by atoms with Gasteiger partial charge in [-0.2, -0.15) is 0 Å². The molecule has 0 radical (unpaired) electrons. The minimum atomic E-state index is -0.503. The van der Waals surface area contributed by atoms with Crippen LogP contribution in [0.15, 0.2) is 48.4 Å². The van der Waals surface area contributed by atoms with Crippen LogP contribution in [-0.4, -0.2) is 12.5 Å². The van der Waals surface area contributed by atoms with Crippen molar-refractivity contribution in [2.45, 2.75) is 0 Å². The summed E-state index contributed by atoms with van der Waals surface area (Å²) >= 11 is 1.50. The van der Waals surface area contributed by atoms with Gasteiger partial charge < -0.3 is 4.74 Å². The Morgan fingerprint density at radius 1 is 1.25 bits per heavy atom. The van der Waals surface area contributed by atoms with Gasteiger partial charge in [0.1, 0.15) is 0 Å². The summed E-state index contributed by atoms with van der Waals surface area (Å²) in [5, 5.41) is 1.91. The molecule has 1 amide bonds. The number of ether oxygens (including phenoxy) is 1. The van der Waals surface area contributed by atoms with Crippen LogP contribution in [-0.2, 0) is 4.79 Å². The quantitative estimate of drug-likeness (QED) is 0.805. The van der Waals surface area contributed by atoms with Crippen molar-refractivity contribution in [3.8, 4) is 5.75 Å². The van der Waals surface area contributed by atoms with Gasteiger partial charge in [-0.15, -0.1) is 11.3 Å². The van der Waals surface area contributed by atoms with Crippen molar-refractivity contribution < 1.29 is 13.9 Å². The maximum Gasteiger partial charge on any atom is 0.276 e. The summed E-state index contributed by atoms with van der Waals surface area (Å²) in [5.74, 6) is -0.887. The molecule has 104 valence electrons. The van der Waals surface area contributed by atoms with Crippen molar-refractivity contribution in [2.75, 3.05) is 6.61 Å². The summed E-state index contributed by atoms with van der Waals surface area (Å²) in [6, 6.07) is 9.67. The number of para-hydroxylation sites is 1. The number of benzene rings is 1. The van der Waals surface area contributed by atoms with E-state index < -0.39 is 11.7 Å². The van der Waals surface area contributed by atoms with E-state index in [4.69, 9.17) is 4.74 Å². The zero-order chi connectivity index (χ0) is 14.4. The lowest BCUT2D eigenvalue weighted by Gasteiger charge is -2.10. The second-order valence-electron chi connectivity index (χ2n) is 3.85. The Hall–Kier alpha value is -2.34. The molecular weight excluding hydrogens is 279 g/mol. The lowest BCUT2D eigenvalue weighted by Crippen LogP contribution is -2.38. The Bertz CT molecular complexity index is 599. The predicted octanol–water partition coefficient (Wildman–Crippen LogP) is 2.56. The number of rotatable bonds is 6. The molecule has 0 spiro atoms.